The molecule has 1 aromatic carbocycles. The number of rotatable bonds is 4. The second kappa shape index (κ2) is 5.47. The molecule has 6 heteroatoms. The number of carbonyl (C=O) groups is 1. The van der Waals surface area contributed by atoms with Crippen LogP contribution in [0.25, 0.3) is 11.0 Å². The number of hydrogen-bond acceptors (Lipinski definition) is 3. The highest BCUT2D eigenvalue weighted by Gasteiger charge is 2.45. The Morgan fingerprint density at radius 1 is 1.33 bits per heavy atom. The third-order valence-corrected chi connectivity index (χ3v) is 5.15. The zero-order valence-corrected chi connectivity index (χ0v) is 14.0. The summed E-state index contributed by atoms with van der Waals surface area (Å²) < 4.78 is 1.75. The van der Waals surface area contributed by atoms with E-state index >= 15 is 0 Å². The molecule has 0 spiro atoms. The van der Waals surface area contributed by atoms with Gasteiger partial charge in [0.25, 0.3) is 0 Å². The minimum Gasteiger partial charge on any atom is -0.310 e. The summed E-state index contributed by atoms with van der Waals surface area (Å²) in [5.74, 6) is 0.693. The van der Waals surface area contributed by atoms with Gasteiger partial charge in [0.05, 0.1) is 16.5 Å². The number of fused-ring (bicyclic) bond motifs is 1. The molecule has 0 aliphatic heterocycles. The van der Waals surface area contributed by atoms with Crippen molar-refractivity contribution in [2.24, 2.45) is 7.05 Å². The topological polar surface area (TPSA) is 75.6 Å². The molecule has 124 valence electrons. The fourth-order valence-electron chi connectivity index (χ4n) is 3.62. The number of aromatic amines is 1. The number of anilines is 1. The number of hydrogen-bond donors (Lipinski definition) is 2. The van der Waals surface area contributed by atoms with E-state index in [-0.39, 0.29) is 5.91 Å². The van der Waals surface area contributed by atoms with Crippen LogP contribution >= 0.6 is 0 Å². The van der Waals surface area contributed by atoms with Crippen molar-refractivity contribution in [3.8, 4) is 0 Å². The molecule has 24 heavy (non-hydrogen) atoms. The molecule has 3 aromatic rings. The van der Waals surface area contributed by atoms with Crippen LogP contribution in [-0.4, -0.2) is 25.9 Å². The van der Waals surface area contributed by atoms with Gasteiger partial charge in [-0.1, -0.05) is 43.7 Å². The molecule has 2 heterocycles. The van der Waals surface area contributed by atoms with Crippen LogP contribution in [0.15, 0.2) is 30.3 Å². The number of carbonyl (C=O) groups excluding carboxylic acids is 1. The number of nitrogens with zero attached hydrogens (tertiary/aromatic N) is 3. The highest BCUT2D eigenvalue weighted by atomic mass is 16.2. The van der Waals surface area contributed by atoms with Crippen LogP contribution in [0.4, 0.5) is 5.82 Å². The van der Waals surface area contributed by atoms with E-state index in [2.05, 4.69) is 27.5 Å². The summed E-state index contributed by atoms with van der Waals surface area (Å²) >= 11 is 0. The molecule has 0 radical (unpaired) electrons. The zero-order valence-electron chi connectivity index (χ0n) is 14.0. The molecule has 1 fully saturated rings. The Hall–Kier alpha value is -2.63. The summed E-state index contributed by atoms with van der Waals surface area (Å²) in [6, 6.07) is 10.1. The number of nitrogens with one attached hydrogen (secondary N) is 2. The Morgan fingerprint density at radius 3 is 2.71 bits per heavy atom. The van der Waals surface area contributed by atoms with Gasteiger partial charge in [0.1, 0.15) is 5.82 Å². The molecule has 1 aliphatic carbocycles. The maximum absolute atomic E-state index is 13.1. The molecular formula is C18H21N5O. The predicted octanol–water partition coefficient (Wildman–Crippen LogP) is 2.92. The molecule has 4 rings (SSSR count). The first-order valence-electron chi connectivity index (χ1n) is 8.42. The Balaban J connectivity index is 1.69. The van der Waals surface area contributed by atoms with E-state index in [4.69, 9.17) is 0 Å². The third kappa shape index (κ3) is 2.06. The Labute approximate surface area is 140 Å². The van der Waals surface area contributed by atoms with Crippen LogP contribution in [0.1, 0.15) is 37.4 Å². The van der Waals surface area contributed by atoms with Gasteiger partial charge >= 0.3 is 0 Å². The van der Waals surface area contributed by atoms with Gasteiger partial charge in [0, 0.05) is 7.05 Å². The van der Waals surface area contributed by atoms with Gasteiger partial charge in [0.15, 0.2) is 5.65 Å². The van der Waals surface area contributed by atoms with E-state index in [1.807, 2.05) is 37.4 Å². The first-order chi connectivity index (χ1) is 11.7. The largest absolute Gasteiger partial charge is 0.310 e. The maximum Gasteiger partial charge on any atom is 0.236 e. The lowest BCUT2D eigenvalue weighted by Crippen LogP contribution is -2.46. The molecule has 0 atom stereocenters. The first-order valence-corrected chi connectivity index (χ1v) is 8.42. The van der Waals surface area contributed by atoms with E-state index in [1.54, 1.807) is 4.68 Å². The molecule has 2 N–H and O–H groups in total. The molecule has 1 aliphatic rings. The van der Waals surface area contributed by atoms with E-state index in [0.717, 1.165) is 48.0 Å². The van der Waals surface area contributed by atoms with Crippen molar-refractivity contribution in [2.75, 3.05) is 5.32 Å². The van der Waals surface area contributed by atoms with Gasteiger partial charge in [-0.05, 0) is 24.8 Å². The lowest BCUT2D eigenvalue weighted by molar-refractivity contribution is -0.124. The number of aryl methyl sites for hydroxylation is 2. The fraction of sp³-hybridized carbons (Fsp3) is 0.389. The van der Waals surface area contributed by atoms with Crippen LogP contribution in [0.5, 0.6) is 0 Å². The quantitative estimate of drug-likeness (QED) is 0.775. The van der Waals surface area contributed by atoms with Crippen molar-refractivity contribution in [2.45, 2.75) is 38.0 Å². The SMILES string of the molecule is CCc1nn(C)c2n[nH]c(NC(=O)C3(c4ccccc4)CCC3)c12. The van der Waals surface area contributed by atoms with Crippen LogP contribution < -0.4 is 5.32 Å². The monoisotopic (exact) mass is 323 g/mol. The first kappa shape index (κ1) is 14.9. The average Bonchev–Trinajstić information content (AvgIpc) is 3.09. The summed E-state index contributed by atoms with van der Waals surface area (Å²) in [7, 11) is 1.87. The average molecular weight is 323 g/mol. The van der Waals surface area contributed by atoms with Crippen molar-refractivity contribution >= 4 is 22.8 Å². The van der Waals surface area contributed by atoms with Gasteiger partial charge in [-0.3, -0.25) is 9.89 Å². The van der Waals surface area contributed by atoms with E-state index < -0.39 is 5.41 Å². The summed E-state index contributed by atoms with van der Waals surface area (Å²) in [5.41, 5.74) is 2.38. The molecule has 1 saturated carbocycles. The second-order valence-electron chi connectivity index (χ2n) is 6.48. The molecule has 0 unspecified atom stereocenters. The lowest BCUT2D eigenvalue weighted by Gasteiger charge is -2.40. The van der Waals surface area contributed by atoms with E-state index in [0.29, 0.717) is 5.82 Å². The summed E-state index contributed by atoms with van der Waals surface area (Å²) in [5, 5.41) is 15.7. The lowest BCUT2D eigenvalue weighted by atomic mass is 9.64. The van der Waals surface area contributed by atoms with Gasteiger partial charge in [-0.15, -0.1) is 0 Å². The van der Waals surface area contributed by atoms with Crippen LogP contribution in [0.3, 0.4) is 0 Å². The second-order valence-corrected chi connectivity index (χ2v) is 6.48. The Morgan fingerprint density at radius 2 is 2.08 bits per heavy atom. The zero-order chi connectivity index (χ0) is 16.7. The Bertz CT molecular complexity index is 889. The van der Waals surface area contributed by atoms with Crippen LogP contribution in [0.2, 0.25) is 0 Å². The fourth-order valence-corrected chi connectivity index (χ4v) is 3.62. The molecule has 1 amide bonds. The van der Waals surface area contributed by atoms with Gasteiger partial charge in [-0.2, -0.15) is 10.2 Å². The minimum absolute atomic E-state index is 0.0383. The minimum atomic E-state index is -0.423. The molecule has 0 saturated heterocycles. The Kier molecular flexibility index (Phi) is 3.40. The normalized spacial score (nSPS) is 16.1. The smallest absolute Gasteiger partial charge is 0.236 e. The van der Waals surface area contributed by atoms with Gasteiger partial charge < -0.3 is 5.32 Å². The highest BCUT2D eigenvalue weighted by molar-refractivity contribution is 6.04. The van der Waals surface area contributed by atoms with Crippen molar-refractivity contribution < 1.29 is 4.79 Å². The molecule has 6 nitrogen and oxygen atoms in total. The highest BCUT2D eigenvalue weighted by Crippen LogP contribution is 2.44. The third-order valence-electron chi connectivity index (χ3n) is 5.15. The number of benzene rings is 1. The van der Waals surface area contributed by atoms with Crippen LogP contribution in [0, 0.1) is 0 Å². The summed E-state index contributed by atoms with van der Waals surface area (Å²) in [6.45, 7) is 2.05. The molecule has 0 bridgehead atoms. The van der Waals surface area contributed by atoms with Crippen molar-refractivity contribution in [1.29, 1.82) is 0 Å². The van der Waals surface area contributed by atoms with Crippen molar-refractivity contribution in [3.63, 3.8) is 0 Å². The van der Waals surface area contributed by atoms with E-state index in [9.17, 15) is 4.79 Å². The summed E-state index contributed by atoms with van der Waals surface area (Å²) in [6.07, 6.45) is 3.64. The molecule has 2 aromatic heterocycles. The van der Waals surface area contributed by atoms with Crippen molar-refractivity contribution in [1.82, 2.24) is 20.0 Å². The number of amides is 1. The predicted molar refractivity (Wildman–Crippen MR) is 92.8 cm³/mol. The standard InChI is InChI=1S/C18H21N5O/c1-3-13-14-15(20-21-16(14)23(2)22-13)19-17(24)18(10-7-11-18)12-8-5-4-6-9-12/h4-6,8-9H,3,7,10-11H2,1-2H3,(H2,19,20,21,24). The van der Waals surface area contributed by atoms with Crippen LogP contribution in [-0.2, 0) is 23.7 Å². The van der Waals surface area contributed by atoms with E-state index in [1.165, 1.54) is 0 Å². The van der Waals surface area contributed by atoms with Crippen molar-refractivity contribution in [3.05, 3.63) is 41.6 Å². The number of H-pyrrole nitrogens is 1. The van der Waals surface area contributed by atoms with Gasteiger partial charge in [0.2, 0.25) is 5.91 Å². The number of aromatic nitrogens is 4. The maximum atomic E-state index is 13.1. The van der Waals surface area contributed by atoms with Gasteiger partial charge in [-0.25, -0.2) is 4.68 Å². The molecular weight excluding hydrogens is 302 g/mol. The summed E-state index contributed by atoms with van der Waals surface area (Å²) in [4.78, 5) is 13.1.